The van der Waals surface area contributed by atoms with E-state index in [9.17, 15) is 0 Å². The van der Waals surface area contributed by atoms with Gasteiger partial charge in [0.2, 0.25) is 0 Å². The van der Waals surface area contributed by atoms with E-state index >= 15 is 0 Å². The molecule has 0 amide bonds. The third kappa shape index (κ3) is 3.44. The molecule has 1 aromatic heterocycles. The maximum absolute atomic E-state index is 5.41. The van der Waals surface area contributed by atoms with E-state index in [1.165, 1.54) is 12.8 Å². The van der Waals surface area contributed by atoms with E-state index in [1.807, 2.05) is 0 Å². The number of ether oxygens (including phenoxy) is 1. The quantitative estimate of drug-likeness (QED) is 0.874. The molecule has 0 atom stereocenters. The molecule has 118 valence electrons. The zero-order chi connectivity index (χ0) is 14.8. The van der Waals surface area contributed by atoms with Crippen LogP contribution in [-0.4, -0.2) is 59.1 Å². The molecule has 0 radical (unpaired) electrons. The van der Waals surface area contributed by atoms with Crippen LogP contribution in [0, 0.1) is 0 Å². The highest BCUT2D eigenvalue weighted by Crippen LogP contribution is 2.36. The van der Waals surface area contributed by atoms with Crippen LogP contribution in [0.15, 0.2) is 0 Å². The first kappa shape index (κ1) is 14.9. The van der Waals surface area contributed by atoms with Gasteiger partial charge in [-0.05, 0) is 39.8 Å². The fourth-order valence-corrected chi connectivity index (χ4v) is 3.31. The summed E-state index contributed by atoms with van der Waals surface area (Å²) in [5, 5.41) is 12.5. The van der Waals surface area contributed by atoms with E-state index in [0.717, 1.165) is 44.2 Å². The lowest BCUT2D eigenvalue weighted by molar-refractivity contribution is 0.0694. The fraction of sp³-hybridized carbons (Fsp3) is 0.867. The van der Waals surface area contributed by atoms with Gasteiger partial charge in [0.05, 0.1) is 6.54 Å². The van der Waals surface area contributed by atoms with E-state index in [0.29, 0.717) is 18.0 Å². The Hall–Kier alpha value is -0.980. The Balaban J connectivity index is 1.50. The van der Waals surface area contributed by atoms with Crippen molar-refractivity contribution in [1.82, 2.24) is 25.0 Å². The molecule has 1 aromatic rings. The Labute approximate surface area is 126 Å². The summed E-state index contributed by atoms with van der Waals surface area (Å²) in [4.78, 5) is 2.13. The monoisotopic (exact) mass is 293 g/mol. The summed E-state index contributed by atoms with van der Waals surface area (Å²) >= 11 is 0. The van der Waals surface area contributed by atoms with Gasteiger partial charge in [-0.3, -0.25) is 0 Å². The minimum Gasteiger partial charge on any atom is -0.381 e. The standard InChI is InChI=1S/C15H27N5O/c1-19(2)10-14-17-18-15(20(14)3)11-8-13(9-11)16-12-4-6-21-7-5-12/h11-13,16H,4-10H2,1-3H3. The third-order valence-electron chi connectivity index (χ3n) is 4.65. The normalized spacial score (nSPS) is 27.0. The van der Waals surface area contributed by atoms with Crippen molar-refractivity contribution < 1.29 is 4.74 Å². The molecular formula is C15H27N5O. The molecule has 1 aliphatic heterocycles. The van der Waals surface area contributed by atoms with Crippen molar-refractivity contribution in [3.63, 3.8) is 0 Å². The topological polar surface area (TPSA) is 55.2 Å². The van der Waals surface area contributed by atoms with Gasteiger partial charge >= 0.3 is 0 Å². The van der Waals surface area contributed by atoms with Crippen LogP contribution in [0.1, 0.15) is 43.3 Å². The van der Waals surface area contributed by atoms with E-state index in [2.05, 4.69) is 46.1 Å². The molecule has 6 nitrogen and oxygen atoms in total. The molecule has 1 aliphatic carbocycles. The maximum Gasteiger partial charge on any atom is 0.146 e. The van der Waals surface area contributed by atoms with Crippen LogP contribution < -0.4 is 5.32 Å². The molecule has 1 N–H and O–H groups in total. The second kappa shape index (κ2) is 6.42. The summed E-state index contributed by atoms with van der Waals surface area (Å²) in [6.07, 6.45) is 4.67. The van der Waals surface area contributed by atoms with Crippen LogP contribution in [0.25, 0.3) is 0 Å². The Kier molecular flexibility index (Phi) is 4.57. The average molecular weight is 293 g/mol. The van der Waals surface area contributed by atoms with Gasteiger partial charge in [0, 0.05) is 38.3 Å². The molecule has 6 heteroatoms. The molecule has 0 bridgehead atoms. The first-order valence-corrected chi connectivity index (χ1v) is 8.00. The highest BCUT2D eigenvalue weighted by atomic mass is 16.5. The van der Waals surface area contributed by atoms with Crippen molar-refractivity contribution in [2.24, 2.45) is 7.05 Å². The zero-order valence-electron chi connectivity index (χ0n) is 13.4. The second-order valence-electron chi connectivity index (χ2n) is 6.69. The third-order valence-corrected chi connectivity index (χ3v) is 4.65. The largest absolute Gasteiger partial charge is 0.381 e. The molecule has 2 fully saturated rings. The minimum atomic E-state index is 0.566. The van der Waals surface area contributed by atoms with Crippen LogP contribution in [0.5, 0.6) is 0 Å². The second-order valence-corrected chi connectivity index (χ2v) is 6.69. The molecule has 1 saturated heterocycles. The first-order chi connectivity index (χ1) is 10.1. The molecule has 1 saturated carbocycles. The van der Waals surface area contributed by atoms with Gasteiger partial charge in [0.1, 0.15) is 11.6 Å². The van der Waals surface area contributed by atoms with E-state index in [-0.39, 0.29) is 0 Å². The summed E-state index contributed by atoms with van der Waals surface area (Å²) in [6.45, 7) is 2.66. The van der Waals surface area contributed by atoms with E-state index < -0.39 is 0 Å². The van der Waals surface area contributed by atoms with Gasteiger partial charge in [-0.2, -0.15) is 0 Å². The van der Waals surface area contributed by atoms with Crippen LogP contribution in [0.3, 0.4) is 0 Å². The lowest BCUT2D eigenvalue weighted by Crippen LogP contribution is -2.47. The van der Waals surface area contributed by atoms with Crippen LogP contribution in [-0.2, 0) is 18.3 Å². The number of hydrogen-bond acceptors (Lipinski definition) is 5. The van der Waals surface area contributed by atoms with Gasteiger partial charge in [-0.15, -0.1) is 10.2 Å². The van der Waals surface area contributed by atoms with E-state index in [4.69, 9.17) is 4.74 Å². The summed E-state index contributed by atoms with van der Waals surface area (Å²) in [5.41, 5.74) is 0. The molecule has 2 aliphatic rings. The van der Waals surface area contributed by atoms with Gasteiger partial charge in [-0.1, -0.05) is 0 Å². The van der Waals surface area contributed by atoms with Crippen molar-refractivity contribution >= 4 is 0 Å². The summed E-state index contributed by atoms with van der Waals surface area (Å²) < 4.78 is 7.58. The molecule has 0 aromatic carbocycles. The SMILES string of the molecule is CN(C)Cc1nnc(C2CC(NC3CCOCC3)C2)n1C. The van der Waals surface area contributed by atoms with Crippen molar-refractivity contribution in [3.05, 3.63) is 11.6 Å². The molecule has 3 rings (SSSR count). The van der Waals surface area contributed by atoms with Gasteiger partial charge < -0.3 is 19.5 Å². The first-order valence-electron chi connectivity index (χ1n) is 8.00. The highest BCUT2D eigenvalue weighted by Gasteiger charge is 2.35. The Morgan fingerprint density at radius 3 is 2.57 bits per heavy atom. The molecule has 21 heavy (non-hydrogen) atoms. The van der Waals surface area contributed by atoms with Gasteiger partial charge in [0.25, 0.3) is 0 Å². The molecule has 0 spiro atoms. The Bertz CT molecular complexity index is 461. The van der Waals surface area contributed by atoms with Gasteiger partial charge in [-0.25, -0.2) is 0 Å². The number of rotatable bonds is 5. The van der Waals surface area contributed by atoms with Crippen LogP contribution in [0.4, 0.5) is 0 Å². The number of hydrogen-bond donors (Lipinski definition) is 1. The zero-order valence-corrected chi connectivity index (χ0v) is 13.4. The Morgan fingerprint density at radius 1 is 1.19 bits per heavy atom. The summed E-state index contributed by atoms with van der Waals surface area (Å²) in [6, 6.07) is 1.29. The molecule has 0 unspecified atom stereocenters. The predicted octanol–water partition coefficient (Wildman–Crippen LogP) is 0.891. The summed E-state index contributed by atoms with van der Waals surface area (Å²) in [5.74, 6) is 2.77. The minimum absolute atomic E-state index is 0.566. The summed E-state index contributed by atoms with van der Waals surface area (Å²) in [7, 11) is 6.21. The van der Waals surface area contributed by atoms with Gasteiger partial charge in [0.15, 0.2) is 0 Å². The predicted molar refractivity (Wildman–Crippen MR) is 81.1 cm³/mol. The highest BCUT2D eigenvalue weighted by molar-refractivity contribution is 5.09. The van der Waals surface area contributed by atoms with Crippen molar-refractivity contribution in [3.8, 4) is 0 Å². The average Bonchev–Trinajstić information content (AvgIpc) is 2.76. The Morgan fingerprint density at radius 2 is 1.90 bits per heavy atom. The van der Waals surface area contributed by atoms with Crippen LogP contribution >= 0.6 is 0 Å². The lowest BCUT2D eigenvalue weighted by Gasteiger charge is -2.38. The molecular weight excluding hydrogens is 266 g/mol. The van der Waals surface area contributed by atoms with Crippen molar-refractivity contribution in [2.45, 2.75) is 50.2 Å². The van der Waals surface area contributed by atoms with E-state index in [1.54, 1.807) is 0 Å². The molecule has 2 heterocycles. The van der Waals surface area contributed by atoms with Crippen molar-refractivity contribution in [1.29, 1.82) is 0 Å². The lowest BCUT2D eigenvalue weighted by atomic mass is 9.79. The fourth-order valence-electron chi connectivity index (χ4n) is 3.31. The van der Waals surface area contributed by atoms with Crippen LogP contribution in [0.2, 0.25) is 0 Å². The number of nitrogens with zero attached hydrogens (tertiary/aromatic N) is 4. The smallest absolute Gasteiger partial charge is 0.146 e. The number of aromatic nitrogens is 3. The number of nitrogens with one attached hydrogen (secondary N) is 1. The maximum atomic E-state index is 5.41. The van der Waals surface area contributed by atoms with Crippen molar-refractivity contribution in [2.75, 3.05) is 27.3 Å².